The predicted molar refractivity (Wildman–Crippen MR) is 63.1 cm³/mol. The van der Waals surface area contributed by atoms with Crippen LogP contribution in [0, 0.1) is 5.92 Å². The third-order valence-corrected chi connectivity index (χ3v) is 2.75. The normalized spacial score (nSPS) is 18.9. The van der Waals surface area contributed by atoms with Gasteiger partial charge in [0, 0.05) is 18.8 Å². The van der Waals surface area contributed by atoms with Gasteiger partial charge in [-0.05, 0) is 31.8 Å². The minimum absolute atomic E-state index is 0.879. The maximum atomic E-state index is 4.07. The molecule has 0 N–H and O–H groups in total. The van der Waals surface area contributed by atoms with Crippen LogP contribution in [0.25, 0.3) is 0 Å². The molecule has 0 aromatic heterocycles. The van der Waals surface area contributed by atoms with Gasteiger partial charge in [-0.2, -0.15) is 0 Å². The van der Waals surface area contributed by atoms with Gasteiger partial charge in [-0.15, -0.1) is 0 Å². The number of rotatable bonds is 3. The number of hydrogen-bond acceptors (Lipinski definition) is 1. The molecule has 1 aliphatic rings. The summed E-state index contributed by atoms with van der Waals surface area (Å²) in [6.07, 6.45) is 6.68. The Morgan fingerprint density at radius 3 is 2.29 bits per heavy atom. The predicted octanol–water partition coefficient (Wildman–Crippen LogP) is 3.36. The van der Waals surface area contributed by atoms with E-state index in [9.17, 15) is 0 Å². The molecule has 0 saturated carbocycles. The SMILES string of the molecule is C=C(C)/C=C\C(=C)N1CCC(C)CC1. The van der Waals surface area contributed by atoms with E-state index in [1.165, 1.54) is 12.8 Å². The van der Waals surface area contributed by atoms with E-state index in [1.807, 2.05) is 13.0 Å². The molecule has 0 bridgehead atoms. The van der Waals surface area contributed by atoms with Gasteiger partial charge in [-0.1, -0.05) is 31.7 Å². The molecule has 1 heterocycles. The summed E-state index contributed by atoms with van der Waals surface area (Å²) in [5.41, 5.74) is 2.21. The third kappa shape index (κ3) is 3.41. The van der Waals surface area contributed by atoms with Gasteiger partial charge in [0.05, 0.1) is 0 Å². The van der Waals surface area contributed by atoms with Crippen LogP contribution >= 0.6 is 0 Å². The van der Waals surface area contributed by atoms with Crippen molar-refractivity contribution < 1.29 is 0 Å². The third-order valence-electron chi connectivity index (χ3n) is 2.75. The summed E-state index contributed by atoms with van der Waals surface area (Å²) < 4.78 is 0. The molecule has 78 valence electrons. The Kier molecular flexibility index (Phi) is 3.99. The smallest absolute Gasteiger partial charge is 0.0293 e. The summed E-state index contributed by atoms with van der Waals surface area (Å²) in [6, 6.07) is 0. The molecular weight excluding hydrogens is 170 g/mol. The molecule has 0 radical (unpaired) electrons. The highest BCUT2D eigenvalue weighted by Crippen LogP contribution is 2.19. The van der Waals surface area contributed by atoms with E-state index in [0.29, 0.717) is 0 Å². The fourth-order valence-electron chi connectivity index (χ4n) is 1.64. The number of piperidine rings is 1. The summed E-state index contributed by atoms with van der Waals surface area (Å²) in [5, 5.41) is 0. The molecule has 0 aliphatic carbocycles. The molecule has 0 spiro atoms. The first-order valence-corrected chi connectivity index (χ1v) is 5.37. The quantitative estimate of drug-likeness (QED) is 0.618. The number of likely N-dealkylation sites (tertiary alicyclic amines) is 1. The summed E-state index contributed by atoms with van der Waals surface area (Å²) in [7, 11) is 0. The zero-order chi connectivity index (χ0) is 10.6. The van der Waals surface area contributed by atoms with Crippen molar-refractivity contribution in [1.29, 1.82) is 0 Å². The molecule has 1 saturated heterocycles. The average molecular weight is 191 g/mol. The molecule has 14 heavy (non-hydrogen) atoms. The Labute approximate surface area is 87.8 Å². The van der Waals surface area contributed by atoms with Gasteiger partial charge in [-0.25, -0.2) is 0 Å². The maximum Gasteiger partial charge on any atom is 0.0293 e. The lowest BCUT2D eigenvalue weighted by atomic mass is 9.99. The fourth-order valence-corrected chi connectivity index (χ4v) is 1.64. The highest BCUT2D eigenvalue weighted by atomic mass is 15.1. The molecule has 1 nitrogen and oxygen atoms in total. The minimum atomic E-state index is 0.879. The molecule has 1 fully saturated rings. The van der Waals surface area contributed by atoms with Gasteiger partial charge < -0.3 is 4.90 Å². The first kappa shape index (κ1) is 11.1. The van der Waals surface area contributed by atoms with Crippen LogP contribution in [0.3, 0.4) is 0 Å². The van der Waals surface area contributed by atoms with Crippen molar-refractivity contribution in [1.82, 2.24) is 4.90 Å². The van der Waals surface area contributed by atoms with E-state index in [1.54, 1.807) is 0 Å². The van der Waals surface area contributed by atoms with Crippen molar-refractivity contribution in [2.45, 2.75) is 26.7 Å². The van der Waals surface area contributed by atoms with E-state index in [2.05, 4.69) is 31.1 Å². The van der Waals surface area contributed by atoms with Crippen LogP contribution in [0.15, 0.2) is 36.6 Å². The van der Waals surface area contributed by atoms with Crippen LogP contribution in [-0.4, -0.2) is 18.0 Å². The van der Waals surface area contributed by atoms with E-state index in [-0.39, 0.29) is 0 Å². The lowest BCUT2D eigenvalue weighted by Gasteiger charge is -2.32. The van der Waals surface area contributed by atoms with Gasteiger partial charge in [-0.3, -0.25) is 0 Å². The highest BCUT2D eigenvalue weighted by Gasteiger charge is 2.15. The molecule has 1 rings (SSSR count). The summed E-state index contributed by atoms with van der Waals surface area (Å²) in [4.78, 5) is 2.36. The topological polar surface area (TPSA) is 3.24 Å². The fraction of sp³-hybridized carbons (Fsp3) is 0.538. The van der Waals surface area contributed by atoms with Crippen molar-refractivity contribution in [3.63, 3.8) is 0 Å². The second-order valence-electron chi connectivity index (χ2n) is 4.34. The van der Waals surface area contributed by atoms with Gasteiger partial charge in [0.2, 0.25) is 0 Å². The molecule has 0 aromatic rings. The Balaban J connectivity index is 2.42. The molecule has 1 aliphatic heterocycles. The van der Waals surface area contributed by atoms with Gasteiger partial charge in [0.15, 0.2) is 0 Å². The van der Waals surface area contributed by atoms with Gasteiger partial charge in [0.25, 0.3) is 0 Å². The van der Waals surface area contributed by atoms with Crippen LogP contribution in [0.1, 0.15) is 26.7 Å². The van der Waals surface area contributed by atoms with Crippen molar-refractivity contribution in [3.8, 4) is 0 Å². The molecular formula is C13H21N. The summed E-state index contributed by atoms with van der Waals surface area (Å²) >= 11 is 0. The van der Waals surface area contributed by atoms with Crippen LogP contribution in [0.2, 0.25) is 0 Å². The van der Waals surface area contributed by atoms with Crippen LogP contribution in [-0.2, 0) is 0 Å². The van der Waals surface area contributed by atoms with Crippen molar-refractivity contribution in [3.05, 3.63) is 36.6 Å². The zero-order valence-corrected chi connectivity index (χ0v) is 9.42. The lowest BCUT2D eigenvalue weighted by Crippen LogP contribution is -2.31. The first-order valence-electron chi connectivity index (χ1n) is 5.37. The highest BCUT2D eigenvalue weighted by molar-refractivity contribution is 5.22. The number of nitrogens with zero attached hydrogens (tertiary/aromatic N) is 1. The zero-order valence-electron chi connectivity index (χ0n) is 9.42. The molecule has 1 heteroatoms. The van der Waals surface area contributed by atoms with Crippen molar-refractivity contribution in [2.24, 2.45) is 5.92 Å². The summed E-state index contributed by atoms with van der Waals surface area (Å²) in [6.45, 7) is 14.5. The van der Waals surface area contributed by atoms with Crippen LogP contribution in [0.4, 0.5) is 0 Å². The Morgan fingerprint density at radius 2 is 1.79 bits per heavy atom. The van der Waals surface area contributed by atoms with Crippen LogP contribution in [0.5, 0.6) is 0 Å². The Hall–Kier alpha value is -0.980. The monoisotopic (exact) mass is 191 g/mol. The second-order valence-corrected chi connectivity index (χ2v) is 4.34. The first-order chi connectivity index (χ1) is 6.59. The van der Waals surface area contributed by atoms with Gasteiger partial charge in [0.1, 0.15) is 0 Å². The average Bonchev–Trinajstić information content (AvgIpc) is 2.15. The summed E-state index contributed by atoms with van der Waals surface area (Å²) in [5.74, 6) is 0.879. The molecule has 0 unspecified atom stereocenters. The number of hydrogen-bond donors (Lipinski definition) is 0. The van der Waals surface area contributed by atoms with Crippen molar-refractivity contribution >= 4 is 0 Å². The van der Waals surface area contributed by atoms with Crippen molar-refractivity contribution in [2.75, 3.05) is 13.1 Å². The number of allylic oxidation sites excluding steroid dienone is 3. The molecule has 0 amide bonds. The van der Waals surface area contributed by atoms with E-state index in [0.717, 1.165) is 30.3 Å². The standard InChI is InChI=1S/C13H21N/c1-11(2)5-6-13(4)14-9-7-12(3)8-10-14/h5-6,12H,1,4,7-10H2,2-3H3/b6-5-. The molecule has 0 aromatic carbocycles. The van der Waals surface area contributed by atoms with E-state index < -0.39 is 0 Å². The Bertz CT molecular complexity index is 242. The molecule has 0 atom stereocenters. The van der Waals surface area contributed by atoms with E-state index in [4.69, 9.17) is 0 Å². The van der Waals surface area contributed by atoms with Gasteiger partial charge >= 0.3 is 0 Å². The lowest BCUT2D eigenvalue weighted by molar-refractivity contribution is 0.244. The van der Waals surface area contributed by atoms with E-state index >= 15 is 0 Å². The van der Waals surface area contributed by atoms with Crippen LogP contribution < -0.4 is 0 Å². The minimum Gasteiger partial charge on any atom is -0.372 e. The second kappa shape index (κ2) is 5.04. The Morgan fingerprint density at radius 1 is 1.21 bits per heavy atom. The largest absolute Gasteiger partial charge is 0.372 e. The maximum absolute atomic E-state index is 4.07.